The van der Waals surface area contributed by atoms with Gasteiger partial charge in [0.15, 0.2) is 0 Å². The number of nitriles is 1. The molecular weight excluding hydrogens is 720 g/mol. The molecule has 2 unspecified atom stereocenters. The van der Waals surface area contributed by atoms with Crippen molar-refractivity contribution in [3.8, 4) is 6.07 Å². The van der Waals surface area contributed by atoms with Crippen LogP contribution in [0.15, 0.2) is 114 Å². The number of thiophene rings is 1. The van der Waals surface area contributed by atoms with Crippen LogP contribution in [0.4, 0.5) is 10.7 Å². The Morgan fingerprint density at radius 1 is 0.922 bits per heavy atom. The number of rotatable bonds is 10. The molecule has 5 aromatic rings. The lowest BCUT2D eigenvalue weighted by Crippen LogP contribution is -2.30. The Morgan fingerprint density at radius 2 is 1.61 bits per heavy atom. The average Bonchev–Trinajstić information content (AvgIpc) is 3.49. The number of carbonyl (C=O) groups is 3. The maximum Gasteiger partial charge on any atom is 0.272 e. The van der Waals surface area contributed by atoms with Crippen LogP contribution in [-0.4, -0.2) is 23.0 Å². The molecular formula is C40H32Cl2N4O3S2. The van der Waals surface area contributed by atoms with E-state index in [9.17, 15) is 19.6 Å². The number of halogens is 2. The fourth-order valence-electron chi connectivity index (χ4n) is 5.85. The minimum absolute atomic E-state index is 0.0633. The lowest BCUT2D eigenvalue weighted by molar-refractivity contribution is -0.115. The third kappa shape index (κ3) is 8.73. The quantitative estimate of drug-likeness (QED) is 0.0973. The second-order valence-corrected chi connectivity index (χ2v) is 15.2. The van der Waals surface area contributed by atoms with E-state index in [1.54, 1.807) is 73.7 Å². The lowest BCUT2D eigenvalue weighted by Gasteiger charge is -2.22. The summed E-state index contributed by atoms with van der Waals surface area (Å²) < 4.78 is 0. The van der Waals surface area contributed by atoms with E-state index in [4.69, 9.17) is 23.2 Å². The van der Waals surface area contributed by atoms with E-state index in [-0.39, 0.29) is 11.6 Å². The van der Waals surface area contributed by atoms with Crippen molar-refractivity contribution in [2.24, 2.45) is 0 Å². The number of anilines is 2. The van der Waals surface area contributed by atoms with Crippen LogP contribution in [0.3, 0.4) is 0 Å². The molecule has 0 aliphatic heterocycles. The van der Waals surface area contributed by atoms with Crippen LogP contribution in [0.2, 0.25) is 10.0 Å². The molecule has 0 spiro atoms. The number of hydrogen-bond donors (Lipinski definition) is 3. The number of amides is 3. The van der Waals surface area contributed by atoms with Gasteiger partial charge in [0, 0.05) is 36.6 Å². The zero-order valence-corrected chi connectivity index (χ0v) is 30.6. The molecule has 6 rings (SSSR count). The molecule has 1 aromatic heterocycles. The first-order valence-electron chi connectivity index (χ1n) is 16.2. The minimum Gasteiger partial charge on any atom is -0.321 e. The number of hydrogen-bond acceptors (Lipinski definition) is 6. The van der Waals surface area contributed by atoms with Crippen molar-refractivity contribution in [3.05, 3.63) is 152 Å². The number of fused-ring (bicyclic) bond motifs is 1. The highest BCUT2D eigenvalue weighted by atomic mass is 35.5. The van der Waals surface area contributed by atoms with Gasteiger partial charge in [-0.25, -0.2) is 0 Å². The van der Waals surface area contributed by atoms with E-state index in [1.807, 2.05) is 24.3 Å². The van der Waals surface area contributed by atoms with E-state index in [0.29, 0.717) is 43.3 Å². The first kappa shape index (κ1) is 36.0. The van der Waals surface area contributed by atoms with Gasteiger partial charge in [-0.15, -0.1) is 23.1 Å². The summed E-state index contributed by atoms with van der Waals surface area (Å²) >= 11 is 15.6. The van der Waals surface area contributed by atoms with Gasteiger partial charge in [0.05, 0.1) is 10.8 Å². The van der Waals surface area contributed by atoms with Gasteiger partial charge >= 0.3 is 0 Å². The molecule has 0 saturated carbocycles. The van der Waals surface area contributed by atoms with Crippen molar-refractivity contribution in [2.75, 3.05) is 10.6 Å². The number of nitrogens with zero attached hydrogens (tertiary/aromatic N) is 1. The van der Waals surface area contributed by atoms with Crippen LogP contribution < -0.4 is 16.0 Å². The minimum atomic E-state index is -0.594. The van der Waals surface area contributed by atoms with Crippen molar-refractivity contribution < 1.29 is 14.4 Å². The SMILES string of the molecule is CC(Sc1cccc(NC(=O)/C(=C\c2c(Cl)cccc2Cl)NC(=O)c2ccccc2)c1)C(=O)Nc1sc2c(c1C#N)CCC(c1ccccc1)C2. The number of benzene rings is 4. The number of nitrogens with one attached hydrogen (secondary N) is 3. The lowest BCUT2D eigenvalue weighted by atomic mass is 9.83. The first-order valence-corrected chi connectivity index (χ1v) is 18.7. The van der Waals surface area contributed by atoms with Crippen LogP contribution in [0, 0.1) is 11.3 Å². The van der Waals surface area contributed by atoms with Gasteiger partial charge in [-0.2, -0.15) is 5.26 Å². The third-order valence-electron chi connectivity index (χ3n) is 8.48. The summed E-state index contributed by atoms with van der Waals surface area (Å²) in [5.41, 5.74) is 4.02. The Labute approximate surface area is 314 Å². The molecule has 1 heterocycles. The summed E-state index contributed by atoms with van der Waals surface area (Å²) in [7, 11) is 0. The van der Waals surface area contributed by atoms with Gasteiger partial charge in [-0.3, -0.25) is 14.4 Å². The Bertz CT molecular complexity index is 2140. The molecule has 3 N–H and O–H groups in total. The molecule has 7 nitrogen and oxygen atoms in total. The number of thioether (sulfide) groups is 1. The Balaban J connectivity index is 1.14. The predicted octanol–water partition coefficient (Wildman–Crippen LogP) is 9.73. The fraction of sp³-hybridized carbons (Fsp3) is 0.150. The Hall–Kier alpha value is -4.85. The van der Waals surface area contributed by atoms with Gasteiger partial charge in [0.1, 0.15) is 16.8 Å². The van der Waals surface area contributed by atoms with Crippen LogP contribution in [-0.2, 0) is 22.4 Å². The molecule has 0 bridgehead atoms. The Kier molecular flexibility index (Phi) is 11.6. The van der Waals surface area contributed by atoms with Crippen molar-refractivity contribution in [3.63, 3.8) is 0 Å². The fourth-order valence-corrected chi connectivity index (χ4v) is 8.57. The van der Waals surface area contributed by atoms with Gasteiger partial charge in [-0.1, -0.05) is 83.9 Å². The molecule has 1 aliphatic carbocycles. The van der Waals surface area contributed by atoms with Crippen molar-refractivity contribution in [2.45, 2.75) is 42.2 Å². The van der Waals surface area contributed by atoms with Gasteiger partial charge in [-0.05, 0) is 91.8 Å². The summed E-state index contributed by atoms with van der Waals surface area (Å²) in [6.45, 7) is 1.80. The first-order chi connectivity index (χ1) is 24.7. The summed E-state index contributed by atoms with van der Waals surface area (Å²) in [6.07, 6.45) is 4.03. The molecule has 2 atom stereocenters. The summed E-state index contributed by atoms with van der Waals surface area (Å²) in [5.74, 6) is -0.917. The molecule has 11 heteroatoms. The van der Waals surface area contributed by atoms with Crippen molar-refractivity contribution >= 4 is 80.8 Å². The van der Waals surface area contributed by atoms with Crippen molar-refractivity contribution in [1.29, 1.82) is 5.26 Å². The van der Waals surface area contributed by atoms with Crippen molar-refractivity contribution in [1.82, 2.24) is 5.32 Å². The zero-order chi connectivity index (χ0) is 35.9. The zero-order valence-electron chi connectivity index (χ0n) is 27.4. The summed E-state index contributed by atoms with van der Waals surface area (Å²) in [5, 5.41) is 19.3. The van der Waals surface area contributed by atoms with Gasteiger partial charge in [0.25, 0.3) is 11.8 Å². The van der Waals surface area contributed by atoms with Gasteiger partial charge in [0.2, 0.25) is 5.91 Å². The van der Waals surface area contributed by atoms with Gasteiger partial charge < -0.3 is 16.0 Å². The second-order valence-electron chi connectivity index (χ2n) is 11.9. The standard InChI is InChI=1S/C40H32Cl2N4O3S2/c1-24(37(47)46-40-32(23-43)30-19-18-27(20-36(30)51-40)25-10-4-2-5-11-25)50-29-15-8-14-28(21-29)44-39(49)35(22-31-33(41)16-9-17-34(31)42)45-38(48)26-12-6-3-7-13-26/h2-17,21-22,24,27H,18-20H2,1H3,(H,44,49)(H,45,48)(H,46,47)/b35-22+. The molecule has 3 amide bonds. The maximum atomic E-state index is 13.6. The molecule has 0 fully saturated rings. The normalized spacial score (nSPS) is 14.5. The highest BCUT2D eigenvalue weighted by Gasteiger charge is 2.28. The highest BCUT2D eigenvalue weighted by molar-refractivity contribution is 8.00. The molecule has 0 saturated heterocycles. The Morgan fingerprint density at radius 3 is 2.31 bits per heavy atom. The van der Waals surface area contributed by atoms with E-state index in [2.05, 4.69) is 34.2 Å². The topological polar surface area (TPSA) is 111 Å². The van der Waals surface area contributed by atoms with Crippen LogP contribution in [0.25, 0.3) is 6.08 Å². The average molecular weight is 752 g/mol. The van der Waals surface area contributed by atoms with Crippen LogP contribution in [0.5, 0.6) is 0 Å². The number of carbonyl (C=O) groups excluding carboxylic acids is 3. The van der Waals surface area contributed by atoms with Crippen LogP contribution >= 0.6 is 46.3 Å². The van der Waals surface area contributed by atoms with E-state index < -0.39 is 17.1 Å². The maximum absolute atomic E-state index is 13.6. The molecule has 0 radical (unpaired) electrons. The van der Waals surface area contributed by atoms with Crippen LogP contribution in [0.1, 0.15) is 56.8 Å². The van der Waals surface area contributed by atoms with E-state index >= 15 is 0 Å². The summed E-state index contributed by atoms with van der Waals surface area (Å²) in [6, 6.07) is 33.3. The predicted molar refractivity (Wildman–Crippen MR) is 208 cm³/mol. The second kappa shape index (κ2) is 16.4. The monoisotopic (exact) mass is 750 g/mol. The highest BCUT2D eigenvalue weighted by Crippen LogP contribution is 2.42. The molecule has 256 valence electrons. The third-order valence-corrected chi connectivity index (χ3v) is 11.4. The largest absolute Gasteiger partial charge is 0.321 e. The molecule has 1 aliphatic rings. The molecule has 4 aromatic carbocycles. The smallest absolute Gasteiger partial charge is 0.272 e. The molecule has 51 heavy (non-hydrogen) atoms. The van der Waals surface area contributed by atoms with E-state index in [1.165, 1.54) is 34.7 Å². The van der Waals surface area contributed by atoms with E-state index in [0.717, 1.165) is 34.6 Å². The summed E-state index contributed by atoms with van der Waals surface area (Å²) in [4.78, 5) is 42.0.